The van der Waals surface area contributed by atoms with Gasteiger partial charge in [-0.1, -0.05) is 13.0 Å². The molecule has 0 fully saturated rings. The summed E-state index contributed by atoms with van der Waals surface area (Å²) in [5.74, 6) is 0.876. The molecular formula is C12H18BrNOS. The summed E-state index contributed by atoms with van der Waals surface area (Å²) < 4.78 is 6.20. The number of methoxy groups -OCH3 is 1. The largest absolute Gasteiger partial charge is 0.496 e. The Balaban J connectivity index is 2.46. The van der Waals surface area contributed by atoms with Crippen LogP contribution < -0.4 is 10.1 Å². The normalized spacial score (nSPS) is 12.5. The van der Waals surface area contributed by atoms with Gasteiger partial charge in [0.2, 0.25) is 0 Å². The second-order valence-corrected chi connectivity index (χ2v) is 5.78. The first-order chi connectivity index (χ1) is 7.67. The number of benzene rings is 1. The molecule has 0 saturated carbocycles. The van der Waals surface area contributed by atoms with Crippen LogP contribution in [-0.4, -0.2) is 25.2 Å². The van der Waals surface area contributed by atoms with Gasteiger partial charge in [-0.15, -0.1) is 0 Å². The Bertz CT molecular complexity index is 333. The molecule has 0 spiro atoms. The van der Waals surface area contributed by atoms with Crippen LogP contribution in [0.15, 0.2) is 22.7 Å². The maximum atomic E-state index is 5.19. The Hall–Kier alpha value is -0.190. The van der Waals surface area contributed by atoms with Crippen LogP contribution in [0, 0.1) is 0 Å². The molecule has 1 aromatic rings. The molecular weight excluding hydrogens is 286 g/mol. The van der Waals surface area contributed by atoms with Gasteiger partial charge in [-0.25, -0.2) is 0 Å². The Kier molecular flexibility index (Phi) is 6.24. The molecule has 0 saturated heterocycles. The van der Waals surface area contributed by atoms with E-state index in [0.717, 1.165) is 23.3 Å². The van der Waals surface area contributed by atoms with E-state index >= 15 is 0 Å². The van der Waals surface area contributed by atoms with Gasteiger partial charge < -0.3 is 10.1 Å². The summed E-state index contributed by atoms with van der Waals surface area (Å²) in [7, 11) is 1.68. The fourth-order valence-electron chi connectivity index (χ4n) is 1.32. The van der Waals surface area contributed by atoms with Gasteiger partial charge in [-0.2, -0.15) is 11.8 Å². The lowest BCUT2D eigenvalue weighted by Crippen LogP contribution is -2.21. The molecule has 1 unspecified atom stereocenters. The minimum Gasteiger partial charge on any atom is -0.496 e. The lowest BCUT2D eigenvalue weighted by Gasteiger charge is -2.10. The Morgan fingerprint density at radius 2 is 2.25 bits per heavy atom. The summed E-state index contributed by atoms with van der Waals surface area (Å²) in [4.78, 5) is 0. The molecule has 16 heavy (non-hydrogen) atoms. The maximum Gasteiger partial charge on any atom is 0.133 e. The number of hydrogen-bond donors (Lipinski definition) is 1. The van der Waals surface area contributed by atoms with E-state index in [1.54, 1.807) is 7.11 Å². The summed E-state index contributed by atoms with van der Waals surface area (Å²) >= 11 is 5.36. The van der Waals surface area contributed by atoms with Crippen molar-refractivity contribution >= 4 is 27.7 Å². The van der Waals surface area contributed by atoms with Gasteiger partial charge in [0.05, 0.1) is 11.6 Å². The number of halogens is 1. The fourth-order valence-corrected chi connectivity index (χ4v) is 2.20. The highest BCUT2D eigenvalue weighted by molar-refractivity contribution is 9.10. The summed E-state index contributed by atoms with van der Waals surface area (Å²) in [5, 5.41) is 4.09. The lowest BCUT2D eigenvalue weighted by atomic mass is 10.2. The Morgan fingerprint density at radius 1 is 1.50 bits per heavy atom. The number of ether oxygens (including phenoxy) is 1. The molecule has 0 aliphatic rings. The number of nitrogens with one attached hydrogen (secondary N) is 1. The molecule has 0 aromatic heterocycles. The van der Waals surface area contributed by atoms with Gasteiger partial charge in [0.15, 0.2) is 0 Å². The standard InChI is InChI=1S/C12H18BrNOS/c1-9(16-3)7-14-8-10-4-5-12(15-2)11(13)6-10/h4-6,9,14H,7-8H2,1-3H3. The van der Waals surface area contributed by atoms with Gasteiger partial charge >= 0.3 is 0 Å². The zero-order chi connectivity index (χ0) is 12.0. The van der Waals surface area contributed by atoms with E-state index < -0.39 is 0 Å². The molecule has 90 valence electrons. The van der Waals surface area contributed by atoms with E-state index in [4.69, 9.17) is 4.74 Å². The molecule has 1 atom stereocenters. The second-order valence-electron chi connectivity index (χ2n) is 3.65. The van der Waals surface area contributed by atoms with Crippen LogP contribution in [0.5, 0.6) is 5.75 Å². The molecule has 2 nitrogen and oxygen atoms in total. The van der Waals surface area contributed by atoms with Crippen LogP contribution in [0.1, 0.15) is 12.5 Å². The number of rotatable bonds is 6. The smallest absolute Gasteiger partial charge is 0.133 e. The third-order valence-electron chi connectivity index (χ3n) is 2.38. The summed E-state index contributed by atoms with van der Waals surface area (Å²) in [6.45, 7) is 4.15. The van der Waals surface area contributed by atoms with Crippen molar-refractivity contribution in [1.29, 1.82) is 0 Å². The zero-order valence-electron chi connectivity index (χ0n) is 9.92. The third-order valence-corrected chi connectivity index (χ3v) is 3.97. The van der Waals surface area contributed by atoms with E-state index in [1.807, 2.05) is 17.8 Å². The van der Waals surface area contributed by atoms with Gasteiger partial charge in [0.25, 0.3) is 0 Å². The number of hydrogen-bond acceptors (Lipinski definition) is 3. The van der Waals surface area contributed by atoms with Crippen LogP contribution in [0.2, 0.25) is 0 Å². The molecule has 0 heterocycles. The molecule has 4 heteroatoms. The molecule has 1 aromatic carbocycles. The van der Waals surface area contributed by atoms with E-state index in [-0.39, 0.29) is 0 Å². The first kappa shape index (κ1) is 13.9. The molecule has 0 aliphatic heterocycles. The fraction of sp³-hybridized carbons (Fsp3) is 0.500. The molecule has 1 rings (SSSR count). The summed E-state index contributed by atoms with van der Waals surface area (Å²) in [6.07, 6.45) is 2.14. The van der Waals surface area contributed by atoms with Crippen molar-refractivity contribution in [3.8, 4) is 5.75 Å². The van der Waals surface area contributed by atoms with Crippen molar-refractivity contribution in [3.05, 3.63) is 28.2 Å². The van der Waals surface area contributed by atoms with Crippen molar-refractivity contribution in [1.82, 2.24) is 5.32 Å². The average Bonchev–Trinajstić information content (AvgIpc) is 2.29. The van der Waals surface area contributed by atoms with E-state index in [0.29, 0.717) is 5.25 Å². The van der Waals surface area contributed by atoms with Crippen LogP contribution >= 0.6 is 27.7 Å². The second kappa shape index (κ2) is 7.20. The summed E-state index contributed by atoms with van der Waals surface area (Å²) in [5.41, 5.74) is 1.26. The van der Waals surface area contributed by atoms with Gasteiger partial charge in [-0.3, -0.25) is 0 Å². The first-order valence-corrected chi connectivity index (χ1v) is 7.31. The lowest BCUT2D eigenvalue weighted by molar-refractivity contribution is 0.412. The highest BCUT2D eigenvalue weighted by Crippen LogP contribution is 2.25. The van der Waals surface area contributed by atoms with Gasteiger partial charge in [-0.05, 0) is 39.9 Å². The SMILES string of the molecule is COc1ccc(CNCC(C)SC)cc1Br. The van der Waals surface area contributed by atoms with Gasteiger partial charge in [0, 0.05) is 18.3 Å². The van der Waals surface area contributed by atoms with Gasteiger partial charge in [0.1, 0.15) is 5.75 Å². The predicted molar refractivity (Wildman–Crippen MR) is 75.4 cm³/mol. The minimum atomic E-state index is 0.654. The Morgan fingerprint density at radius 3 is 2.81 bits per heavy atom. The summed E-state index contributed by atoms with van der Waals surface area (Å²) in [6, 6.07) is 6.16. The van der Waals surface area contributed by atoms with Crippen molar-refractivity contribution in [2.45, 2.75) is 18.7 Å². The van der Waals surface area contributed by atoms with Crippen LogP contribution in [0.4, 0.5) is 0 Å². The van der Waals surface area contributed by atoms with E-state index in [9.17, 15) is 0 Å². The van der Waals surface area contributed by atoms with E-state index in [1.165, 1.54) is 5.56 Å². The predicted octanol–water partition coefficient (Wildman–Crippen LogP) is 3.30. The zero-order valence-corrected chi connectivity index (χ0v) is 12.3. The maximum absolute atomic E-state index is 5.19. The third kappa shape index (κ3) is 4.36. The van der Waals surface area contributed by atoms with Crippen LogP contribution in [0.25, 0.3) is 0 Å². The number of thioether (sulfide) groups is 1. The first-order valence-electron chi connectivity index (χ1n) is 5.23. The molecule has 1 N–H and O–H groups in total. The van der Waals surface area contributed by atoms with E-state index in [2.05, 4.69) is 46.6 Å². The molecule has 0 bridgehead atoms. The van der Waals surface area contributed by atoms with Crippen molar-refractivity contribution in [3.63, 3.8) is 0 Å². The van der Waals surface area contributed by atoms with Crippen molar-refractivity contribution in [2.75, 3.05) is 19.9 Å². The molecule has 0 amide bonds. The minimum absolute atomic E-state index is 0.654. The van der Waals surface area contributed by atoms with Crippen molar-refractivity contribution < 1.29 is 4.74 Å². The van der Waals surface area contributed by atoms with Crippen LogP contribution in [0.3, 0.4) is 0 Å². The molecule has 0 aliphatic carbocycles. The molecule has 0 radical (unpaired) electrons. The van der Waals surface area contributed by atoms with Crippen LogP contribution in [-0.2, 0) is 6.54 Å². The highest BCUT2D eigenvalue weighted by atomic mass is 79.9. The average molecular weight is 304 g/mol. The Labute approximate surface area is 110 Å². The quantitative estimate of drug-likeness (QED) is 0.871. The monoisotopic (exact) mass is 303 g/mol. The van der Waals surface area contributed by atoms with Crippen molar-refractivity contribution in [2.24, 2.45) is 0 Å². The topological polar surface area (TPSA) is 21.3 Å². The highest BCUT2D eigenvalue weighted by Gasteiger charge is 2.02.